The number of carbonyl (C=O) groups is 1. The Morgan fingerprint density at radius 3 is 2.47 bits per heavy atom. The minimum Gasteiger partial charge on any atom is -0.460 e. The lowest BCUT2D eigenvalue weighted by molar-refractivity contribution is -0.164. The normalized spacial score (nSPS) is 28.3. The Labute approximate surface area is 104 Å². The fraction of sp³-hybridized carbons (Fsp3) is 0.929. The second kappa shape index (κ2) is 4.60. The van der Waals surface area contributed by atoms with Crippen molar-refractivity contribution in [1.82, 2.24) is 5.32 Å². The SMILES string of the molecule is CC(C)(C)OC(=O)C1CCCC12CCNCC2. The van der Waals surface area contributed by atoms with E-state index in [1.54, 1.807) is 0 Å². The summed E-state index contributed by atoms with van der Waals surface area (Å²) in [5.41, 5.74) is -0.110. The van der Waals surface area contributed by atoms with E-state index in [4.69, 9.17) is 4.74 Å². The number of carbonyl (C=O) groups excluding carboxylic acids is 1. The minimum atomic E-state index is -0.353. The second-order valence-electron chi connectivity index (χ2n) is 6.59. The van der Waals surface area contributed by atoms with Crippen molar-refractivity contribution in [3.8, 4) is 0 Å². The number of ether oxygens (including phenoxy) is 1. The highest BCUT2D eigenvalue weighted by molar-refractivity contribution is 5.74. The average Bonchev–Trinajstić information content (AvgIpc) is 2.60. The number of piperidine rings is 1. The number of rotatable bonds is 1. The van der Waals surface area contributed by atoms with Crippen LogP contribution in [0.2, 0.25) is 0 Å². The smallest absolute Gasteiger partial charge is 0.310 e. The molecule has 3 nitrogen and oxygen atoms in total. The van der Waals surface area contributed by atoms with Crippen molar-refractivity contribution in [2.24, 2.45) is 11.3 Å². The fourth-order valence-electron chi connectivity index (χ4n) is 3.40. The third-order valence-electron chi connectivity index (χ3n) is 4.20. The molecular formula is C14H25NO2. The maximum absolute atomic E-state index is 12.3. The standard InChI is InChI=1S/C14H25NO2/c1-13(2,3)17-12(16)11-5-4-6-14(11)7-9-15-10-8-14/h11,15H,4-10H2,1-3H3. The lowest BCUT2D eigenvalue weighted by Crippen LogP contribution is -2.43. The van der Waals surface area contributed by atoms with E-state index in [0.29, 0.717) is 0 Å². The highest BCUT2D eigenvalue weighted by Crippen LogP contribution is 2.50. The molecule has 1 aliphatic heterocycles. The van der Waals surface area contributed by atoms with Crippen LogP contribution in [0.4, 0.5) is 0 Å². The molecule has 1 unspecified atom stereocenters. The summed E-state index contributed by atoms with van der Waals surface area (Å²) >= 11 is 0. The molecule has 1 spiro atoms. The van der Waals surface area contributed by atoms with Gasteiger partial charge in [-0.15, -0.1) is 0 Å². The molecule has 17 heavy (non-hydrogen) atoms. The Bertz CT molecular complexity index is 287. The molecule has 0 aromatic carbocycles. The Morgan fingerprint density at radius 1 is 1.24 bits per heavy atom. The lowest BCUT2D eigenvalue weighted by Gasteiger charge is -2.39. The van der Waals surface area contributed by atoms with Gasteiger partial charge in [-0.25, -0.2) is 0 Å². The molecule has 1 atom stereocenters. The Hall–Kier alpha value is -0.570. The summed E-state index contributed by atoms with van der Waals surface area (Å²) in [5, 5.41) is 3.39. The van der Waals surface area contributed by atoms with Crippen LogP contribution in [-0.2, 0) is 9.53 Å². The van der Waals surface area contributed by atoms with Crippen LogP contribution in [0.3, 0.4) is 0 Å². The van der Waals surface area contributed by atoms with Gasteiger partial charge in [0.15, 0.2) is 0 Å². The van der Waals surface area contributed by atoms with Gasteiger partial charge in [0, 0.05) is 0 Å². The van der Waals surface area contributed by atoms with Crippen LogP contribution in [0, 0.1) is 11.3 Å². The zero-order chi connectivity index (χ0) is 12.5. The molecule has 0 radical (unpaired) electrons. The van der Waals surface area contributed by atoms with Gasteiger partial charge in [0.25, 0.3) is 0 Å². The second-order valence-corrected chi connectivity index (χ2v) is 6.59. The summed E-state index contributed by atoms with van der Waals surface area (Å²) in [6, 6.07) is 0. The van der Waals surface area contributed by atoms with Crippen molar-refractivity contribution in [3.63, 3.8) is 0 Å². The molecular weight excluding hydrogens is 214 g/mol. The van der Waals surface area contributed by atoms with Crippen molar-refractivity contribution in [3.05, 3.63) is 0 Å². The predicted molar refractivity (Wildman–Crippen MR) is 67.7 cm³/mol. The highest BCUT2D eigenvalue weighted by Gasteiger charge is 2.48. The van der Waals surface area contributed by atoms with Gasteiger partial charge >= 0.3 is 5.97 Å². The van der Waals surface area contributed by atoms with Crippen LogP contribution < -0.4 is 5.32 Å². The van der Waals surface area contributed by atoms with E-state index in [2.05, 4.69) is 5.32 Å². The van der Waals surface area contributed by atoms with Crippen LogP contribution in [0.15, 0.2) is 0 Å². The van der Waals surface area contributed by atoms with Crippen molar-refractivity contribution >= 4 is 5.97 Å². The monoisotopic (exact) mass is 239 g/mol. The molecule has 1 saturated carbocycles. The summed E-state index contributed by atoms with van der Waals surface area (Å²) < 4.78 is 5.59. The maximum Gasteiger partial charge on any atom is 0.310 e. The van der Waals surface area contributed by atoms with Gasteiger partial charge in [0.05, 0.1) is 5.92 Å². The van der Waals surface area contributed by atoms with E-state index in [9.17, 15) is 4.79 Å². The number of hydrogen-bond acceptors (Lipinski definition) is 3. The first-order valence-electron chi connectivity index (χ1n) is 6.87. The molecule has 1 N–H and O–H groups in total. The summed E-state index contributed by atoms with van der Waals surface area (Å²) in [6.45, 7) is 7.97. The number of esters is 1. The highest BCUT2D eigenvalue weighted by atomic mass is 16.6. The van der Waals surface area contributed by atoms with Crippen molar-refractivity contribution in [1.29, 1.82) is 0 Å². The molecule has 0 bridgehead atoms. The Morgan fingerprint density at radius 2 is 1.88 bits per heavy atom. The molecule has 0 aromatic heterocycles. The molecule has 1 heterocycles. The Kier molecular flexibility index (Phi) is 3.48. The molecule has 98 valence electrons. The maximum atomic E-state index is 12.3. The number of nitrogens with one attached hydrogen (secondary N) is 1. The van der Waals surface area contributed by atoms with Crippen LogP contribution in [0.5, 0.6) is 0 Å². The van der Waals surface area contributed by atoms with E-state index < -0.39 is 0 Å². The van der Waals surface area contributed by atoms with Gasteiger partial charge in [-0.2, -0.15) is 0 Å². The van der Waals surface area contributed by atoms with E-state index >= 15 is 0 Å². The van der Waals surface area contributed by atoms with Crippen LogP contribution >= 0.6 is 0 Å². The third kappa shape index (κ3) is 2.82. The average molecular weight is 239 g/mol. The van der Waals surface area contributed by atoms with Crippen LogP contribution in [0.25, 0.3) is 0 Å². The molecule has 2 fully saturated rings. The van der Waals surface area contributed by atoms with Crippen molar-refractivity contribution in [2.75, 3.05) is 13.1 Å². The zero-order valence-corrected chi connectivity index (χ0v) is 11.3. The molecule has 2 rings (SSSR count). The number of hydrogen-bond donors (Lipinski definition) is 1. The summed E-state index contributed by atoms with van der Waals surface area (Å²) in [5.74, 6) is 0.181. The largest absolute Gasteiger partial charge is 0.460 e. The molecule has 1 aliphatic carbocycles. The van der Waals surface area contributed by atoms with E-state index in [0.717, 1.165) is 32.4 Å². The first-order valence-corrected chi connectivity index (χ1v) is 6.87. The molecule has 0 amide bonds. The zero-order valence-electron chi connectivity index (χ0n) is 11.3. The van der Waals surface area contributed by atoms with Gasteiger partial charge in [-0.05, 0) is 65.0 Å². The minimum absolute atomic E-state index is 0.0388. The topological polar surface area (TPSA) is 38.3 Å². The third-order valence-corrected chi connectivity index (χ3v) is 4.20. The molecule has 0 aromatic rings. The summed E-state index contributed by atoms with van der Waals surface area (Å²) in [6.07, 6.45) is 5.69. The fourth-order valence-corrected chi connectivity index (χ4v) is 3.40. The first-order chi connectivity index (χ1) is 7.93. The van der Waals surface area contributed by atoms with E-state index in [1.807, 2.05) is 20.8 Å². The van der Waals surface area contributed by atoms with E-state index in [1.165, 1.54) is 12.8 Å². The van der Waals surface area contributed by atoms with Gasteiger partial charge in [0.2, 0.25) is 0 Å². The summed E-state index contributed by atoms with van der Waals surface area (Å²) in [4.78, 5) is 12.3. The molecule has 2 aliphatic rings. The van der Waals surface area contributed by atoms with Crippen LogP contribution in [-0.4, -0.2) is 24.7 Å². The van der Waals surface area contributed by atoms with Gasteiger partial charge in [-0.1, -0.05) is 6.42 Å². The predicted octanol–water partition coefficient (Wildman–Crippen LogP) is 2.50. The van der Waals surface area contributed by atoms with Gasteiger partial charge < -0.3 is 10.1 Å². The van der Waals surface area contributed by atoms with Gasteiger partial charge in [0.1, 0.15) is 5.60 Å². The van der Waals surface area contributed by atoms with Gasteiger partial charge in [-0.3, -0.25) is 4.79 Å². The lowest BCUT2D eigenvalue weighted by atomic mass is 9.71. The van der Waals surface area contributed by atoms with Crippen molar-refractivity contribution < 1.29 is 9.53 Å². The van der Waals surface area contributed by atoms with Crippen LogP contribution in [0.1, 0.15) is 52.9 Å². The summed E-state index contributed by atoms with van der Waals surface area (Å²) in [7, 11) is 0. The van der Waals surface area contributed by atoms with Crippen molar-refractivity contribution in [2.45, 2.75) is 58.5 Å². The van der Waals surface area contributed by atoms with E-state index in [-0.39, 0.29) is 22.9 Å². The first kappa shape index (κ1) is 12.9. The Balaban J connectivity index is 2.06. The molecule has 3 heteroatoms. The quantitative estimate of drug-likeness (QED) is 0.714. The molecule has 1 saturated heterocycles.